The predicted molar refractivity (Wildman–Crippen MR) is 114 cm³/mol. The minimum Gasteiger partial charge on any atom is -0.444 e. The highest BCUT2D eigenvalue weighted by Crippen LogP contribution is 2.21. The van der Waals surface area contributed by atoms with Crippen molar-refractivity contribution in [3.8, 4) is 0 Å². The smallest absolute Gasteiger partial charge is 0.407 e. The van der Waals surface area contributed by atoms with E-state index in [1.54, 1.807) is 24.3 Å². The zero-order chi connectivity index (χ0) is 20.8. The Balaban J connectivity index is 1.91. The minimum atomic E-state index is -3.41. The van der Waals surface area contributed by atoms with E-state index >= 15 is 0 Å². The lowest BCUT2D eigenvalue weighted by Gasteiger charge is -2.19. The number of carbonyl (C=O) groups is 1. The summed E-state index contributed by atoms with van der Waals surface area (Å²) >= 11 is 3.31. The number of hydrogen-bond acceptors (Lipinski definition) is 4. The number of rotatable bonds is 7. The average Bonchev–Trinajstić information content (AvgIpc) is 2.57. The molecule has 5 nitrogen and oxygen atoms in total. The van der Waals surface area contributed by atoms with Crippen LogP contribution < -0.4 is 5.32 Å². The number of hydrogen-bond donors (Lipinski definition) is 1. The van der Waals surface area contributed by atoms with E-state index in [0.717, 1.165) is 28.4 Å². The first-order valence-electron chi connectivity index (χ1n) is 9.08. The number of halogens is 1. The first-order valence-corrected chi connectivity index (χ1v) is 11.5. The maximum atomic E-state index is 12.6. The molecule has 2 aromatic carbocycles. The van der Waals surface area contributed by atoms with Gasteiger partial charge < -0.3 is 10.1 Å². The van der Waals surface area contributed by atoms with Gasteiger partial charge in [0, 0.05) is 11.0 Å². The molecule has 152 valence electrons. The molecule has 0 bridgehead atoms. The number of alkyl carbamates (subject to hydrolysis) is 1. The highest BCUT2D eigenvalue weighted by atomic mass is 79.9. The van der Waals surface area contributed by atoms with E-state index in [-0.39, 0.29) is 5.75 Å². The number of nitrogens with one attached hydrogen (secondary N) is 1. The summed E-state index contributed by atoms with van der Waals surface area (Å²) in [7, 11) is -3.41. The SMILES string of the molecule is CC(C)(C)OC(=O)NCCCc1cccc(CS(=O)(=O)c2cccc(Br)c2)c1. The summed E-state index contributed by atoms with van der Waals surface area (Å²) in [6.07, 6.45) is 1.04. The highest BCUT2D eigenvalue weighted by Gasteiger charge is 2.16. The van der Waals surface area contributed by atoms with E-state index in [4.69, 9.17) is 4.74 Å². The van der Waals surface area contributed by atoms with Crippen molar-refractivity contribution in [2.75, 3.05) is 6.54 Å². The van der Waals surface area contributed by atoms with E-state index in [1.807, 2.05) is 45.0 Å². The van der Waals surface area contributed by atoms with Gasteiger partial charge in [0.05, 0.1) is 10.6 Å². The number of aryl methyl sites for hydroxylation is 1. The summed E-state index contributed by atoms with van der Waals surface area (Å²) in [6, 6.07) is 14.3. The van der Waals surface area contributed by atoms with Crippen molar-refractivity contribution in [3.63, 3.8) is 0 Å². The Hall–Kier alpha value is -1.86. The second-order valence-corrected chi connectivity index (χ2v) is 10.5. The number of sulfone groups is 1. The lowest BCUT2D eigenvalue weighted by molar-refractivity contribution is 0.0527. The van der Waals surface area contributed by atoms with Crippen LogP contribution in [-0.4, -0.2) is 26.7 Å². The van der Waals surface area contributed by atoms with Crippen molar-refractivity contribution < 1.29 is 17.9 Å². The summed E-state index contributed by atoms with van der Waals surface area (Å²) in [5.74, 6) is -0.0482. The van der Waals surface area contributed by atoms with Gasteiger partial charge in [-0.15, -0.1) is 0 Å². The molecule has 0 aromatic heterocycles. The molecule has 7 heteroatoms. The molecule has 0 spiro atoms. The van der Waals surface area contributed by atoms with Gasteiger partial charge in [-0.05, 0) is 62.9 Å². The first-order chi connectivity index (χ1) is 13.0. The van der Waals surface area contributed by atoms with Crippen LogP contribution in [-0.2, 0) is 26.7 Å². The molecule has 0 unspecified atom stereocenters. The maximum Gasteiger partial charge on any atom is 0.407 e. The molecule has 0 saturated heterocycles. The van der Waals surface area contributed by atoms with Crippen molar-refractivity contribution in [2.24, 2.45) is 0 Å². The fourth-order valence-corrected chi connectivity index (χ4v) is 4.56. The predicted octanol–water partition coefficient (Wildman–Crippen LogP) is 4.88. The fourth-order valence-electron chi connectivity index (χ4n) is 2.64. The van der Waals surface area contributed by atoms with Crippen LogP contribution in [0.2, 0.25) is 0 Å². The van der Waals surface area contributed by atoms with Gasteiger partial charge in [-0.1, -0.05) is 46.3 Å². The third-order valence-electron chi connectivity index (χ3n) is 3.81. The van der Waals surface area contributed by atoms with Crippen LogP contribution in [0.25, 0.3) is 0 Å². The molecule has 0 aliphatic heterocycles. The number of benzene rings is 2. The first kappa shape index (κ1) is 22.4. The largest absolute Gasteiger partial charge is 0.444 e. The minimum absolute atomic E-state index is 0.0482. The monoisotopic (exact) mass is 467 g/mol. The summed E-state index contributed by atoms with van der Waals surface area (Å²) < 4.78 is 31.2. The zero-order valence-corrected chi connectivity index (χ0v) is 18.8. The molecule has 0 atom stereocenters. The molecule has 1 amide bonds. The van der Waals surface area contributed by atoms with Gasteiger partial charge in [-0.2, -0.15) is 0 Å². The number of carbonyl (C=O) groups excluding carboxylic acids is 1. The quantitative estimate of drug-likeness (QED) is 0.588. The standard InChI is InChI=1S/C21H26BrNO4S/c1-21(2,3)27-20(24)23-12-6-9-16-7-4-8-17(13-16)15-28(25,26)19-11-5-10-18(22)14-19/h4-5,7-8,10-11,13-14H,6,9,12,15H2,1-3H3,(H,23,24). The van der Waals surface area contributed by atoms with Crippen molar-refractivity contribution in [3.05, 3.63) is 64.1 Å². The van der Waals surface area contributed by atoms with E-state index in [1.165, 1.54) is 0 Å². The summed E-state index contributed by atoms with van der Waals surface area (Å²) in [5.41, 5.74) is 1.27. The fraction of sp³-hybridized carbons (Fsp3) is 0.381. The third kappa shape index (κ3) is 7.64. The van der Waals surface area contributed by atoms with E-state index in [9.17, 15) is 13.2 Å². The Morgan fingerprint density at radius 3 is 2.43 bits per heavy atom. The van der Waals surface area contributed by atoms with Crippen LogP contribution >= 0.6 is 15.9 Å². The number of amides is 1. The van der Waals surface area contributed by atoms with Gasteiger partial charge in [0.25, 0.3) is 0 Å². The normalized spacial score (nSPS) is 11.9. The maximum absolute atomic E-state index is 12.6. The lowest BCUT2D eigenvalue weighted by atomic mass is 10.1. The Labute approximate surface area is 175 Å². The van der Waals surface area contributed by atoms with Gasteiger partial charge in [0.1, 0.15) is 5.60 Å². The summed E-state index contributed by atoms with van der Waals surface area (Å²) in [5, 5.41) is 2.73. The van der Waals surface area contributed by atoms with Crippen molar-refractivity contribution in [1.82, 2.24) is 5.32 Å². The lowest BCUT2D eigenvalue weighted by Crippen LogP contribution is -2.33. The van der Waals surface area contributed by atoms with E-state index < -0.39 is 21.5 Å². The Morgan fingerprint density at radius 2 is 1.75 bits per heavy atom. The van der Waals surface area contributed by atoms with E-state index in [0.29, 0.717) is 11.4 Å². The van der Waals surface area contributed by atoms with Gasteiger partial charge in [-0.3, -0.25) is 0 Å². The van der Waals surface area contributed by atoms with Crippen LogP contribution in [0.1, 0.15) is 38.3 Å². The molecule has 0 aliphatic rings. The van der Waals surface area contributed by atoms with Crippen LogP contribution in [0.3, 0.4) is 0 Å². The molecule has 0 heterocycles. The Bertz CT molecular complexity index is 920. The van der Waals surface area contributed by atoms with Crippen LogP contribution in [0, 0.1) is 0 Å². The summed E-state index contributed by atoms with van der Waals surface area (Å²) in [4.78, 5) is 11.9. The highest BCUT2D eigenvalue weighted by molar-refractivity contribution is 9.10. The van der Waals surface area contributed by atoms with Gasteiger partial charge in [-0.25, -0.2) is 13.2 Å². The number of ether oxygens (including phenoxy) is 1. The molecule has 0 radical (unpaired) electrons. The molecule has 0 fully saturated rings. The van der Waals surface area contributed by atoms with Gasteiger partial charge in [0.15, 0.2) is 9.84 Å². The molecule has 1 N–H and O–H groups in total. The van der Waals surface area contributed by atoms with Crippen molar-refractivity contribution in [1.29, 1.82) is 0 Å². The van der Waals surface area contributed by atoms with Crippen molar-refractivity contribution >= 4 is 31.9 Å². The molecular formula is C21H26BrNO4S. The molecule has 2 rings (SSSR count). The molecule has 0 saturated carbocycles. The van der Waals surface area contributed by atoms with E-state index in [2.05, 4.69) is 21.2 Å². The summed E-state index contributed by atoms with van der Waals surface area (Å²) in [6.45, 7) is 5.95. The molecular weight excluding hydrogens is 442 g/mol. The third-order valence-corrected chi connectivity index (χ3v) is 5.99. The van der Waals surface area contributed by atoms with Crippen LogP contribution in [0.4, 0.5) is 4.79 Å². The van der Waals surface area contributed by atoms with Crippen LogP contribution in [0.5, 0.6) is 0 Å². The zero-order valence-electron chi connectivity index (χ0n) is 16.4. The Morgan fingerprint density at radius 1 is 1.07 bits per heavy atom. The molecule has 28 heavy (non-hydrogen) atoms. The Kier molecular flexibility index (Phi) is 7.66. The second kappa shape index (κ2) is 9.56. The van der Waals surface area contributed by atoms with Crippen molar-refractivity contribution in [2.45, 2.75) is 49.9 Å². The van der Waals surface area contributed by atoms with Gasteiger partial charge >= 0.3 is 6.09 Å². The molecule has 2 aromatic rings. The van der Waals surface area contributed by atoms with Gasteiger partial charge in [0.2, 0.25) is 0 Å². The topological polar surface area (TPSA) is 72.5 Å². The average molecular weight is 468 g/mol. The van der Waals surface area contributed by atoms with Crippen LogP contribution in [0.15, 0.2) is 57.9 Å². The second-order valence-electron chi connectivity index (χ2n) is 7.57. The molecule has 0 aliphatic carbocycles.